The first kappa shape index (κ1) is 45.9. The topological polar surface area (TPSA) is 250 Å². The molecule has 18 heteroatoms. The average Bonchev–Trinajstić information content (AvgIpc) is 3.71. The molecule has 4 rings (SSSR count). The summed E-state index contributed by atoms with van der Waals surface area (Å²) in [7, 11) is 3.10. The molecule has 1 saturated heterocycles. The number of benzene rings is 1. The number of Topliss-reactive ketones (excluding diaryl/α,β-unsaturated/α-hetero) is 1. The summed E-state index contributed by atoms with van der Waals surface area (Å²) in [6.07, 6.45) is 9.90. The Balaban J connectivity index is 1.35. The van der Waals surface area contributed by atoms with Crippen LogP contribution in [0.4, 0.5) is 0 Å². The van der Waals surface area contributed by atoms with E-state index in [9.17, 15) is 38.4 Å². The van der Waals surface area contributed by atoms with Crippen molar-refractivity contribution in [2.45, 2.75) is 102 Å². The molecule has 1 saturated carbocycles. The minimum Gasteiger partial charge on any atom is -0.349 e. The summed E-state index contributed by atoms with van der Waals surface area (Å²) in [4.78, 5) is 116. The molecule has 0 bridgehead atoms. The van der Waals surface area contributed by atoms with Crippen LogP contribution in [0.3, 0.4) is 0 Å². The van der Waals surface area contributed by atoms with Gasteiger partial charge in [-0.3, -0.25) is 43.3 Å². The van der Waals surface area contributed by atoms with Crippen LogP contribution in [0.15, 0.2) is 48.9 Å². The fourth-order valence-electron chi connectivity index (χ4n) is 7.35. The van der Waals surface area contributed by atoms with Gasteiger partial charge in [0.25, 0.3) is 11.8 Å². The number of hydrogen-bond acceptors (Lipinski definition) is 11. The van der Waals surface area contributed by atoms with Gasteiger partial charge in [0.15, 0.2) is 0 Å². The number of carbonyl (C=O) groups is 8. The molecule has 6 atom stereocenters. The van der Waals surface area contributed by atoms with Gasteiger partial charge in [-0.1, -0.05) is 76.3 Å². The normalized spacial score (nSPS) is 18.5. The summed E-state index contributed by atoms with van der Waals surface area (Å²) in [5.41, 5.74) is 0.609. The van der Waals surface area contributed by atoms with Crippen molar-refractivity contribution in [2.24, 2.45) is 11.8 Å². The van der Waals surface area contributed by atoms with Gasteiger partial charge in [0.05, 0.1) is 30.7 Å². The third-order valence-corrected chi connectivity index (χ3v) is 10.5. The van der Waals surface area contributed by atoms with Crippen LogP contribution in [0.2, 0.25) is 0 Å². The molecule has 2 aliphatic rings. The van der Waals surface area contributed by atoms with Gasteiger partial charge >= 0.3 is 0 Å². The molecule has 1 aromatic carbocycles. The molecular formula is C41H58N10O8. The van der Waals surface area contributed by atoms with Crippen LogP contribution in [-0.2, 0) is 33.6 Å². The number of ketones is 1. The van der Waals surface area contributed by atoms with E-state index in [4.69, 9.17) is 0 Å². The molecule has 18 nitrogen and oxygen atoms in total. The van der Waals surface area contributed by atoms with Crippen molar-refractivity contribution < 1.29 is 38.4 Å². The minimum absolute atomic E-state index is 0.0695. The lowest BCUT2D eigenvalue weighted by Gasteiger charge is -2.31. The van der Waals surface area contributed by atoms with Gasteiger partial charge < -0.3 is 42.1 Å². The van der Waals surface area contributed by atoms with Crippen LogP contribution in [0.1, 0.15) is 93.7 Å². The SMILES string of the molecule is CCC[C@H](NC(=O)[C@@H](NC(=O)c1cnccn1)C1CCCCC1)C(=O)N[C@H]1CNC[C@H]1C(=O)N[C@@H](CCC)C(=O)C(=O)NCC(=O)N[C@H](C(=O)N(C)C)c1ccccc1. The average molecular weight is 819 g/mol. The van der Waals surface area contributed by atoms with E-state index in [1.807, 2.05) is 6.92 Å². The van der Waals surface area contributed by atoms with E-state index in [0.717, 1.165) is 32.1 Å². The number of rotatable bonds is 20. The number of aromatic nitrogens is 2. The molecule has 7 N–H and O–H groups in total. The van der Waals surface area contributed by atoms with Crippen LogP contribution in [-0.4, -0.2) is 120 Å². The summed E-state index contributed by atoms with van der Waals surface area (Å²) in [5.74, 6) is -6.17. The molecule has 59 heavy (non-hydrogen) atoms. The molecule has 2 aromatic rings. The second kappa shape index (κ2) is 23.0. The number of nitrogens with one attached hydrogen (secondary N) is 7. The van der Waals surface area contributed by atoms with Crippen LogP contribution in [0, 0.1) is 11.8 Å². The van der Waals surface area contributed by atoms with Gasteiger partial charge in [-0.2, -0.15) is 0 Å². The summed E-state index contributed by atoms with van der Waals surface area (Å²) in [5, 5.41) is 19.2. The maximum Gasteiger partial charge on any atom is 0.290 e. The van der Waals surface area contributed by atoms with Crippen molar-refractivity contribution >= 4 is 47.1 Å². The Morgan fingerprint density at radius 3 is 2.15 bits per heavy atom. The van der Waals surface area contributed by atoms with Gasteiger partial charge in [0.2, 0.25) is 35.3 Å². The first-order valence-electron chi connectivity index (χ1n) is 20.4. The van der Waals surface area contributed by atoms with Gasteiger partial charge in [0.1, 0.15) is 23.8 Å². The van der Waals surface area contributed by atoms with E-state index in [0.29, 0.717) is 24.8 Å². The summed E-state index contributed by atoms with van der Waals surface area (Å²) in [6, 6.07) is 3.80. The molecular weight excluding hydrogens is 761 g/mol. The molecule has 320 valence electrons. The Labute approximate surface area is 344 Å². The third kappa shape index (κ3) is 13.4. The lowest BCUT2D eigenvalue weighted by atomic mass is 9.83. The van der Waals surface area contributed by atoms with Crippen molar-refractivity contribution in [1.82, 2.24) is 52.1 Å². The Bertz CT molecular complexity index is 1770. The minimum atomic E-state index is -1.21. The molecule has 2 fully saturated rings. The molecule has 1 aromatic heterocycles. The van der Waals surface area contributed by atoms with Gasteiger partial charge in [0, 0.05) is 39.6 Å². The Kier molecular flexibility index (Phi) is 17.9. The predicted molar refractivity (Wildman–Crippen MR) is 216 cm³/mol. The van der Waals surface area contributed by atoms with E-state index < -0.39 is 83.9 Å². The van der Waals surface area contributed by atoms with E-state index in [1.54, 1.807) is 51.4 Å². The van der Waals surface area contributed by atoms with Crippen molar-refractivity contribution in [3.63, 3.8) is 0 Å². The number of likely N-dealkylation sites (N-methyl/N-ethyl adjacent to an activating group) is 1. The predicted octanol–water partition coefficient (Wildman–Crippen LogP) is 0.0603. The summed E-state index contributed by atoms with van der Waals surface area (Å²) < 4.78 is 0. The molecule has 0 unspecified atom stereocenters. The molecule has 1 aliphatic heterocycles. The first-order chi connectivity index (χ1) is 28.3. The Hall–Kier alpha value is -5.78. The lowest BCUT2D eigenvalue weighted by molar-refractivity contribution is -0.141. The van der Waals surface area contributed by atoms with E-state index >= 15 is 0 Å². The van der Waals surface area contributed by atoms with Crippen molar-refractivity contribution in [3.8, 4) is 0 Å². The number of hydrogen-bond donors (Lipinski definition) is 7. The third-order valence-electron chi connectivity index (χ3n) is 10.5. The van der Waals surface area contributed by atoms with E-state index in [1.165, 1.54) is 23.5 Å². The zero-order chi connectivity index (χ0) is 42.9. The van der Waals surface area contributed by atoms with Gasteiger partial charge in [-0.25, -0.2) is 4.98 Å². The fourth-order valence-corrected chi connectivity index (χ4v) is 7.35. The maximum absolute atomic E-state index is 13.8. The summed E-state index contributed by atoms with van der Waals surface area (Å²) >= 11 is 0. The van der Waals surface area contributed by atoms with E-state index in [-0.39, 0.29) is 37.0 Å². The van der Waals surface area contributed by atoms with E-state index in [2.05, 4.69) is 47.2 Å². The van der Waals surface area contributed by atoms with Gasteiger partial charge in [-0.05, 0) is 37.2 Å². The highest BCUT2D eigenvalue weighted by molar-refractivity contribution is 6.38. The molecule has 1 aliphatic carbocycles. The zero-order valence-corrected chi connectivity index (χ0v) is 34.3. The van der Waals surface area contributed by atoms with Crippen molar-refractivity contribution in [1.29, 1.82) is 0 Å². The number of nitrogens with zero attached hydrogens (tertiary/aromatic N) is 3. The Morgan fingerprint density at radius 1 is 0.814 bits per heavy atom. The monoisotopic (exact) mass is 818 g/mol. The number of carbonyl (C=O) groups excluding carboxylic acids is 8. The highest BCUT2D eigenvalue weighted by Crippen LogP contribution is 2.27. The van der Waals surface area contributed by atoms with Crippen LogP contribution < -0.4 is 37.2 Å². The first-order valence-corrected chi connectivity index (χ1v) is 20.4. The molecule has 0 radical (unpaired) electrons. The maximum atomic E-state index is 13.8. The second-order valence-electron chi connectivity index (χ2n) is 15.2. The highest BCUT2D eigenvalue weighted by atomic mass is 16.2. The van der Waals surface area contributed by atoms with Crippen molar-refractivity contribution in [3.05, 3.63) is 60.2 Å². The number of amides is 7. The fraction of sp³-hybridized carbons (Fsp3) is 0.561. The summed E-state index contributed by atoms with van der Waals surface area (Å²) in [6.45, 7) is 3.47. The largest absolute Gasteiger partial charge is 0.349 e. The lowest BCUT2D eigenvalue weighted by Crippen LogP contribution is -2.58. The smallest absolute Gasteiger partial charge is 0.290 e. The standard InChI is InChI=1S/C41H58N10O8/c1-5-13-28(35(53)40(58)45-24-32(52)49-34(41(59)51(3)4)26-17-11-8-12-18-26)46-36(54)27-21-43-22-30(27)48-37(55)29(14-6-2)47-39(57)33(25-15-9-7-10-16-25)50-38(56)31-23-42-19-20-44-31/h8,11-12,17-20,23,25,27-30,33-34,43H,5-7,9-10,13-16,21-22,24H2,1-4H3,(H,45,58)(H,46,54)(H,47,57)(H,48,55)(H,49,52)(H,50,56)/t27-,28+,29+,30+,33+,34+/m1/s1. The van der Waals surface area contributed by atoms with Crippen molar-refractivity contribution in [2.75, 3.05) is 33.7 Å². The van der Waals surface area contributed by atoms with Crippen LogP contribution >= 0.6 is 0 Å². The highest BCUT2D eigenvalue weighted by Gasteiger charge is 2.39. The van der Waals surface area contributed by atoms with Gasteiger partial charge in [-0.15, -0.1) is 0 Å². The van der Waals surface area contributed by atoms with Crippen LogP contribution in [0.5, 0.6) is 0 Å². The molecule has 0 spiro atoms. The molecule has 7 amide bonds. The zero-order valence-electron chi connectivity index (χ0n) is 34.3. The molecule has 2 heterocycles. The van der Waals surface area contributed by atoms with Crippen LogP contribution in [0.25, 0.3) is 0 Å². The quantitative estimate of drug-likeness (QED) is 0.0881. The Morgan fingerprint density at radius 2 is 1.51 bits per heavy atom. The second-order valence-corrected chi connectivity index (χ2v) is 15.2.